The van der Waals surface area contributed by atoms with E-state index in [4.69, 9.17) is 4.74 Å². The molecule has 2 amide bonds. The molecule has 1 saturated heterocycles. The quantitative estimate of drug-likeness (QED) is 0.606. The van der Waals surface area contributed by atoms with Gasteiger partial charge in [0.25, 0.3) is 0 Å². The summed E-state index contributed by atoms with van der Waals surface area (Å²) in [6.07, 6.45) is 1.08. The number of amides is 2. The zero-order chi connectivity index (χ0) is 22.6. The second kappa shape index (κ2) is 9.67. The van der Waals surface area contributed by atoms with Crippen LogP contribution in [0.3, 0.4) is 0 Å². The number of benzene rings is 3. The van der Waals surface area contributed by atoms with E-state index in [0.29, 0.717) is 12.5 Å². The lowest BCUT2D eigenvalue weighted by molar-refractivity contribution is 0.201. The molecular formula is C28H31N3O2. The molecule has 0 saturated carbocycles. The number of urea groups is 1. The molecule has 5 nitrogen and oxygen atoms in total. The highest BCUT2D eigenvalue weighted by atomic mass is 16.5. The molecule has 3 aromatic rings. The van der Waals surface area contributed by atoms with Gasteiger partial charge in [-0.25, -0.2) is 4.79 Å². The van der Waals surface area contributed by atoms with Gasteiger partial charge in [-0.05, 0) is 47.2 Å². The minimum absolute atomic E-state index is 0.0346. The normalized spacial score (nSPS) is 20.3. The van der Waals surface area contributed by atoms with Crippen molar-refractivity contribution in [3.63, 3.8) is 0 Å². The summed E-state index contributed by atoms with van der Waals surface area (Å²) in [6, 6.07) is 26.7. The number of nitrogens with zero attached hydrogens (tertiary/aromatic N) is 2. The van der Waals surface area contributed by atoms with E-state index in [2.05, 4.69) is 46.6 Å². The first-order valence-corrected chi connectivity index (χ1v) is 11.7. The fourth-order valence-electron chi connectivity index (χ4n) is 5.31. The Balaban J connectivity index is 1.36. The molecule has 170 valence electrons. The number of rotatable bonds is 5. The van der Waals surface area contributed by atoms with Crippen LogP contribution in [-0.4, -0.2) is 49.1 Å². The van der Waals surface area contributed by atoms with Crippen molar-refractivity contribution in [3.8, 4) is 5.75 Å². The summed E-state index contributed by atoms with van der Waals surface area (Å²) in [4.78, 5) is 17.6. The topological polar surface area (TPSA) is 44.8 Å². The molecule has 0 bridgehead atoms. The summed E-state index contributed by atoms with van der Waals surface area (Å²) >= 11 is 0. The van der Waals surface area contributed by atoms with Gasteiger partial charge in [-0.2, -0.15) is 0 Å². The minimum atomic E-state index is -0.0346. The lowest BCUT2D eigenvalue weighted by Gasteiger charge is -2.32. The van der Waals surface area contributed by atoms with Gasteiger partial charge in [0.15, 0.2) is 0 Å². The lowest BCUT2D eigenvalue weighted by atomic mass is 9.87. The van der Waals surface area contributed by atoms with Crippen molar-refractivity contribution in [2.24, 2.45) is 5.92 Å². The highest BCUT2D eigenvalue weighted by molar-refractivity contribution is 5.89. The first-order chi connectivity index (χ1) is 16.2. The SMILES string of the molecule is COc1ccccc1C1CN(C(=O)Nc2ccccc2)CC1CN1CCc2ccccc2C1. The highest BCUT2D eigenvalue weighted by Gasteiger charge is 2.38. The van der Waals surface area contributed by atoms with E-state index in [1.807, 2.05) is 47.4 Å². The molecule has 2 unspecified atom stereocenters. The molecule has 3 aromatic carbocycles. The van der Waals surface area contributed by atoms with Crippen LogP contribution in [0.15, 0.2) is 78.9 Å². The van der Waals surface area contributed by atoms with Crippen LogP contribution in [0.2, 0.25) is 0 Å². The van der Waals surface area contributed by atoms with Gasteiger partial charge < -0.3 is 15.0 Å². The van der Waals surface area contributed by atoms with Crippen molar-refractivity contribution < 1.29 is 9.53 Å². The van der Waals surface area contributed by atoms with E-state index >= 15 is 0 Å². The van der Waals surface area contributed by atoms with E-state index in [1.165, 1.54) is 16.7 Å². The van der Waals surface area contributed by atoms with Gasteiger partial charge in [0, 0.05) is 44.3 Å². The number of hydrogen-bond donors (Lipinski definition) is 1. The maximum atomic E-state index is 13.1. The molecule has 2 aliphatic rings. The summed E-state index contributed by atoms with van der Waals surface area (Å²) in [5.74, 6) is 1.48. The van der Waals surface area contributed by atoms with Gasteiger partial charge in [0.1, 0.15) is 5.75 Å². The fraction of sp³-hybridized carbons (Fsp3) is 0.321. The zero-order valence-electron chi connectivity index (χ0n) is 19.1. The summed E-state index contributed by atoms with van der Waals surface area (Å²) in [6.45, 7) is 4.42. The van der Waals surface area contributed by atoms with Gasteiger partial charge >= 0.3 is 6.03 Å². The average Bonchev–Trinajstić information content (AvgIpc) is 3.28. The fourth-order valence-corrected chi connectivity index (χ4v) is 5.31. The molecule has 0 spiro atoms. The molecule has 5 rings (SSSR count). The van der Waals surface area contributed by atoms with Gasteiger partial charge in [-0.3, -0.25) is 4.90 Å². The molecular weight excluding hydrogens is 410 g/mol. The third-order valence-electron chi connectivity index (χ3n) is 6.99. The highest BCUT2D eigenvalue weighted by Crippen LogP contribution is 2.38. The average molecular weight is 442 g/mol. The van der Waals surface area contributed by atoms with E-state index < -0.39 is 0 Å². The van der Waals surface area contributed by atoms with Crippen LogP contribution in [0.25, 0.3) is 0 Å². The summed E-state index contributed by atoms with van der Waals surface area (Å²) in [7, 11) is 1.73. The summed E-state index contributed by atoms with van der Waals surface area (Å²) in [5.41, 5.74) is 4.91. The molecule has 5 heteroatoms. The number of fused-ring (bicyclic) bond motifs is 1. The molecule has 0 radical (unpaired) electrons. The van der Waals surface area contributed by atoms with Gasteiger partial charge in [0.05, 0.1) is 7.11 Å². The molecule has 1 N–H and O–H groups in total. The maximum Gasteiger partial charge on any atom is 0.321 e. The predicted molar refractivity (Wildman–Crippen MR) is 132 cm³/mol. The Morgan fingerprint density at radius 1 is 0.939 bits per heavy atom. The standard InChI is InChI=1S/C28H31N3O2/c1-33-27-14-8-7-13-25(27)26-20-31(28(32)29-24-11-3-2-4-12-24)19-23(26)18-30-16-15-21-9-5-6-10-22(21)17-30/h2-14,23,26H,15-20H2,1H3,(H,29,32). The van der Waals surface area contributed by atoms with Crippen molar-refractivity contribution in [2.75, 3.05) is 38.6 Å². The van der Waals surface area contributed by atoms with Crippen LogP contribution < -0.4 is 10.1 Å². The van der Waals surface area contributed by atoms with Crippen LogP contribution in [-0.2, 0) is 13.0 Å². The number of hydrogen-bond acceptors (Lipinski definition) is 3. The first kappa shape index (κ1) is 21.5. The Bertz CT molecular complexity index is 1100. The smallest absolute Gasteiger partial charge is 0.321 e. The minimum Gasteiger partial charge on any atom is -0.496 e. The third-order valence-corrected chi connectivity index (χ3v) is 6.99. The van der Waals surface area contributed by atoms with Crippen molar-refractivity contribution in [2.45, 2.75) is 18.9 Å². The molecule has 33 heavy (non-hydrogen) atoms. The summed E-state index contributed by atoms with van der Waals surface area (Å²) < 4.78 is 5.70. The molecule has 1 fully saturated rings. The molecule has 2 aliphatic heterocycles. The van der Waals surface area contributed by atoms with Crippen LogP contribution >= 0.6 is 0 Å². The summed E-state index contributed by atoms with van der Waals surface area (Å²) in [5, 5.41) is 3.06. The van der Waals surface area contributed by atoms with Crippen LogP contribution in [0.5, 0.6) is 5.75 Å². The number of anilines is 1. The Morgan fingerprint density at radius 3 is 2.48 bits per heavy atom. The Labute approximate surface area is 196 Å². The van der Waals surface area contributed by atoms with E-state index in [-0.39, 0.29) is 11.9 Å². The van der Waals surface area contributed by atoms with E-state index in [0.717, 1.165) is 44.0 Å². The Morgan fingerprint density at radius 2 is 1.67 bits per heavy atom. The number of para-hydroxylation sites is 2. The second-order valence-corrected chi connectivity index (χ2v) is 9.06. The van der Waals surface area contributed by atoms with Gasteiger partial charge in [-0.15, -0.1) is 0 Å². The van der Waals surface area contributed by atoms with Crippen molar-refractivity contribution in [1.82, 2.24) is 9.80 Å². The monoisotopic (exact) mass is 441 g/mol. The van der Waals surface area contributed by atoms with Crippen molar-refractivity contribution in [1.29, 1.82) is 0 Å². The molecule has 0 aliphatic carbocycles. The zero-order valence-corrected chi connectivity index (χ0v) is 19.1. The number of methoxy groups -OCH3 is 1. The number of likely N-dealkylation sites (tertiary alicyclic amines) is 1. The number of nitrogens with one attached hydrogen (secondary N) is 1. The van der Waals surface area contributed by atoms with Crippen LogP contribution in [0.4, 0.5) is 10.5 Å². The van der Waals surface area contributed by atoms with E-state index in [9.17, 15) is 4.79 Å². The maximum absolute atomic E-state index is 13.1. The first-order valence-electron chi connectivity index (χ1n) is 11.7. The molecule has 0 aromatic heterocycles. The second-order valence-electron chi connectivity index (χ2n) is 9.06. The van der Waals surface area contributed by atoms with Crippen molar-refractivity contribution >= 4 is 11.7 Å². The number of ether oxygens (including phenoxy) is 1. The molecule has 2 atom stereocenters. The Hall–Kier alpha value is -3.31. The van der Waals surface area contributed by atoms with Gasteiger partial charge in [0.2, 0.25) is 0 Å². The van der Waals surface area contributed by atoms with Crippen LogP contribution in [0, 0.1) is 5.92 Å². The largest absolute Gasteiger partial charge is 0.496 e. The third kappa shape index (κ3) is 4.74. The van der Waals surface area contributed by atoms with Gasteiger partial charge in [-0.1, -0.05) is 60.7 Å². The number of carbonyl (C=O) groups excluding carboxylic acids is 1. The van der Waals surface area contributed by atoms with Crippen molar-refractivity contribution in [3.05, 3.63) is 95.6 Å². The van der Waals surface area contributed by atoms with Crippen LogP contribution in [0.1, 0.15) is 22.6 Å². The Kier molecular flexibility index (Phi) is 6.31. The van der Waals surface area contributed by atoms with E-state index in [1.54, 1.807) is 7.11 Å². The molecule has 2 heterocycles. The number of carbonyl (C=O) groups is 1. The lowest BCUT2D eigenvalue weighted by Crippen LogP contribution is -2.37. The predicted octanol–water partition coefficient (Wildman–Crippen LogP) is 5.00.